The van der Waals surface area contributed by atoms with Crippen LogP contribution in [0.2, 0.25) is 0 Å². The molecule has 1 heterocycles. The predicted octanol–water partition coefficient (Wildman–Crippen LogP) is 2.32. The number of likely N-dealkylation sites (N-methyl/N-ethyl adjacent to an activating group) is 1. The molecule has 1 rings (SSSR count). The van der Waals surface area contributed by atoms with Crippen LogP contribution in [0.1, 0.15) is 36.8 Å². The van der Waals surface area contributed by atoms with Crippen LogP contribution in [0.25, 0.3) is 0 Å². The monoisotopic (exact) mass is 279 g/mol. The van der Waals surface area contributed by atoms with E-state index in [9.17, 15) is 4.79 Å². The van der Waals surface area contributed by atoms with Crippen molar-refractivity contribution >= 4 is 11.7 Å². The van der Waals surface area contributed by atoms with E-state index in [1.807, 2.05) is 39.8 Å². The van der Waals surface area contributed by atoms with Gasteiger partial charge in [0, 0.05) is 37.5 Å². The van der Waals surface area contributed by atoms with Gasteiger partial charge in [-0.2, -0.15) is 0 Å². The molecule has 0 atom stereocenters. The summed E-state index contributed by atoms with van der Waals surface area (Å²) in [5.74, 6) is 0.772. The molecular weight excluding hydrogens is 254 g/mol. The molecule has 1 aromatic heterocycles. The van der Waals surface area contributed by atoms with E-state index in [-0.39, 0.29) is 5.91 Å². The summed E-state index contributed by atoms with van der Waals surface area (Å²) in [6.45, 7) is 11.1. The molecule has 0 radical (unpaired) electrons. The first-order chi connectivity index (χ1) is 9.62. The second-order valence-corrected chi connectivity index (χ2v) is 4.49. The minimum Gasteiger partial charge on any atom is -0.380 e. The number of ether oxygens (including phenoxy) is 1. The summed E-state index contributed by atoms with van der Waals surface area (Å²) in [6.07, 6.45) is 0. The van der Waals surface area contributed by atoms with Crippen molar-refractivity contribution in [2.45, 2.75) is 27.7 Å². The van der Waals surface area contributed by atoms with Gasteiger partial charge in [-0.1, -0.05) is 0 Å². The third kappa shape index (κ3) is 4.81. The first-order valence-corrected chi connectivity index (χ1v) is 7.21. The standard InChI is InChI=1S/C15H25N3O2/c1-5-16-14-11-13(10-12(4)17-14)15(19)18(6-2)8-9-20-7-3/h10-11H,5-9H2,1-4H3,(H,16,17). The van der Waals surface area contributed by atoms with Gasteiger partial charge >= 0.3 is 0 Å². The number of nitrogens with one attached hydrogen (secondary N) is 1. The zero-order chi connectivity index (χ0) is 15.0. The van der Waals surface area contributed by atoms with E-state index in [1.54, 1.807) is 4.90 Å². The number of nitrogens with zero attached hydrogens (tertiary/aromatic N) is 2. The SMILES string of the molecule is CCNc1cc(C(=O)N(CC)CCOCC)cc(C)n1. The third-order valence-corrected chi connectivity index (χ3v) is 2.94. The fourth-order valence-corrected chi connectivity index (χ4v) is 1.97. The van der Waals surface area contributed by atoms with Gasteiger partial charge in [0.25, 0.3) is 5.91 Å². The predicted molar refractivity (Wildman–Crippen MR) is 81.2 cm³/mol. The van der Waals surface area contributed by atoms with Crippen molar-refractivity contribution in [2.75, 3.05) is 38.2 Å². The summed E-state index contributed by atoms with van der Waals surface area (Å²) in [7, 11) is 0. The molecule has 0 bridgehead atoms. The highest BCUT2D eigenvalue weighted by atomic mass is 16.5. The Balaban J connectivity index is 2.82. The van der Waals surface area contributed by atoms with E-state index in [1.165, 1.54) is 0 Å². The fourth-order valence-electron chi connectivity index (χ4n) is 1.97. The second kappa shape index (κ2) is 8.53. The lowest BCUT2D eigenvalue weighted by molar-refractivity contribution is 0.0669. The molecule has 0 aliphatic heterocycles. The lowest BCUT2D eigenvalue weighted by Crippen LogP contribution is -2.34. The number of aromatic nitrogens is 1. The van der Waals surface area contributed by atoms with Crippen LogP contribution in [0, 0.1) is 6.92 Å². The van der Waals surface area contributed by atoms with E-state index < -0.39 is 0 Å². The number of carbonyl (C=O) groups excluding carboxylic acids is 1. The third-order valence-electron chi connectivity index (χ3n) is 2.94. The Morgan fingerprint density at radius 2 is 2.10 bits per heavy atom. The van der Waals surface area contributed by atoms with Crippen molar-refractivity contribution < 1.29 is 9.53 Å². The molecule has 0 saturated heterocycles. The van der Waals surface area contributed by atoms with Gasteiger partial charge in [-0.15, -0.1) is 0 Å². The van der Waals surface area contributed by atoms with Crippen LogP contribution in [0.5, 0.6) is 0 Å². The van der Waals surface area contributed by atoms with Gasteiger partial charge < -0.3 is 15.0 Å². The lowest BCUT2D eigenvalue weighted by Gasteiger charge is -2.21. The van der Waals surface area contributed by atoms with E-state index in [0.717, 1.165) is 18.1 Å². The summed E-state index contributed by atoms with van der Waals surface area (Å²) in [6, 6.07) is 3.63. The Morgan fingerprint density at radius 1 is 1.35 bits per heavy atom. The normalized spacial score (nSPS) is 10.4. The second-order valence-electron chi connectivity index (χ2n) is 4.49. The molecule has 1 amide bonds. The minimum atomic E-state index is 0.0249. The summed E-state index contributed by atoms with van der Waals surface area (Å²) in [5.41, 5.74) is 1.51. The van der Waals surface area contributed by atoms with E-state index >= 15 is 0 Å². The molecule has 0 spiro atoms. The lowest BCUT2D eigenvalue weighted by atomic mass is 10.2. The van der Waals surface area contributed by atoms with Crippen molar-refractivity contribution in [3.8, 4) is 0 Å². The molecule has 0 fully saturated rings. The Morgan fingerprint density at radius 3 is 2.70 bits per heavy atom. The van der Waals surface area contributed by atoms with Crippen LogP contribution in [-0.4, -0.2) is 48.6 Å². The number of pyridine rings is 1. The fraction of sp³-hybridized carbons (Fsp3) is 0.600. The van der Waals surface area contributed by atoms with Crippen LogP contribution in [0.15, 0.2) is 12.1 Å². The highest BCUT2D eigenvalue weighted by Gasteiger charge is 2.15. The van der Waals surface area contributed by atoms with Gasteiger partial charge in [-0.25, -0.2) is 4.98 Å². The zero-order valence-electron chi connectivity index (χ0n) is 12.9. The van der Waals surface area contributed by atoms with Gasteiger partial charge in [-0.05, 0) is 39.8 Å². The van der Waals surface area contributed by atoms with Gasteiger partial charge in [0.2, 0.25) is 0 Å². The zero-order valence-corrected chi connectivity index (χ0v) is 12.9. The highest BCUT2D eigenvalue weighted by Crippen LogP contribution is 2.12. The smallest absolute Gasteiger partial charge is 0.254 e. The largest absolute Gasteiger partial charge is 0.380 e. The topological polar surface area (TPSA) is 54.5 Å². The molecule has 20 heavy (non-hydrogen) atoms. The van der Waals surface area contributed by atoms with Crippen molar-refractivity contribution in [3.05, 3.63) is 23.4 Å². The van der Waals surface area contributed by atoms with E-state index in [4.69, 9.17) is 4.74 Å². The Hall–Kier alpha value is -1.62. The van der Waals surface area contributed by atoms with Crippen molar-refractivity contribution in [3.63, 3.8) is 0 Å². The number of hydrogen-bond donors (Lipinski definition) is 1. The summed E-state index contributed by atoms with van der Waals surface area (Å²) in [5, 5.41) is 3.15. The summed E-state index contributed by atoms with van der Waals surface area (Å²) < 4.78 is 5.32. The van der Waals surface area contributed by atoms with E-state index in [0.29, 0.717) is 31.9 Å². The molecule has 0 aliphatic rings. The van der Waals surface area contributed by atoms with Crippen molar-refractivity contribution in [1.29, 1.82) is 0 Å². The number of carbonyl (C=O) groups is 1. The van der Waals surface area contributed by atoms with Crippen LogP contribution in [0.3, 0.4) is 0 Å². The van der Waals surface area contributed by atoms with Gasteiger partial charge in [0.1, 0.15) is 5.82 Å². The Labute approximate surface area is 121 Å². The summed E-state index contributed by atoms with van der Waals surface area (Å²) >= 11 is 0. The molecule has 0 aliphatic carbocycles. The highest BCUT2D eigenvalue weighted by molar-refractivity contribution is 5.95. The molecule has 0 unspecified atom stereocenters. The van der Waals surface area contributed by atoms with Crippen LogP contribution in [-0.2, 0) is 4.74 Å². The maximum atomic E-state index is 12.5. The minimum absolute atomic E-state index is 0.0249. The average Bonchev–Trinajstić information content (AvgIpc) is 2.43. The number of aryl methyl sites for hydroxylation is 1. The molecule has 1 N–H and O–H groups in total. The van der Waals surface area contributed by atoms with Crippen LogP contribution >= 0.6 is 0 Å². The molecule has 112 valence electrons. The van der Waals surface area contributed by atoms with Gasteiger partial charge in [0.15, 0.2) is 0 Å². The molecule has 5 heteroatoms. The average molecular weight is 279 g/mol. The van der Waals surface area contributed by atoms with E-state index in [2.05, 4.69) is 10.3 Å². The quantitative estimate of drug-likeness (QED) is 0.742. The number of hydrogen-bond acceptors (Lipinski definition) is 4. The summed E-state index contributed by atoms with van der Waals surface area (Å²) in [4.78, 5) is 18.6. The van der Waals surface area contributed by atoms with Crippen molar-refractivity contribution in [1.82, 2.24) is 9.88 Å². The molecular formula is C15H25N3O2. The van der Waals surface area contributed by atoms with Crippen LogP contribution in [0.4, 0.5) is 5.82 Å². The first-order valence-electron chi connectivity index (χ1n) is 7.21. The molecule has 0 saturated carbocycles. The maximum Gasteiger partial charge on any atom is 0.254 e. The molecule has 5 nitrogen and oxygen atoms in total. The van der Waals surface area contributed by atoms with Gasteiger partial charge in [-0.3, -0.25) is 4.79 Å². The number of rotatable bonds is 8. The maximum absolute atomic E-state index is 12.5. The number of anilines is 1. The van der Waals surface area contributed by atoms with Crippen LogP contribution < -0.4 is 5.32 Å². The number of amides is 1. The Kier molecular flexibility index (Phi) is 7.01. The molecule has 0 aromatic carbocycles. The van der Waals surface area contributed by atoms with Gasteiger partial charge in [0.05, 0.1) is 6.61 Å². The van der Waals surface area contributed by atoms with Crippen molar-refractivity contribution in [2.24, 2.45) is 0 Å². The molecule has 1 aromatic rings. The first kappa shape index (κ1) is 16.4. The Bertz CT molecular complexity index is 435.